The van der Waals surface area contributed by atoms with Gasteiger partial charge in [-0.2, -0.15) is 0 Å². The molecule has 0 saturated carbocycles. The van der Waals surface area contributed by atoms with E-state index in [0.29, 0.717) is 22.7 Å². The molecular weight excluding hydrogens is 404 g/mol. The van der Waals surface area contributed by atoms with E-state index in [1.807, 2.05) is 6.07 Å². The van der Waals surface area contributed by atoms with Crippen molar-refractivity contribution in [2.75, 3.05) is 12.0 Å². The second-order valence-corrected chi connectivity index (χ2v) is 7.02. The van der Waals surface area contributed by atoms with E-state index in [1.165, 1.54) is 18.1 Å². The highest BCUT2D eigenvalue weighted by Crippen LogP contribution is 2.42. The molecule has 4 rings (SSSR count). The average Bonchev–Trinajstić information content (AvgIpc) is 3.05. The first-order chi connectivity index (χ1) is 14.5. The smallest absolute Gasteiger partial charge is 0.301 e. The Kier molecular flexibility index (Phi) is 5.25. The van der Waals surface area contributed by atoms with E-state index in [0.717, 1.165) is 0 Å². The standard InChI is InChI=1S/C23H17ClN2O4/c1-30-17-11-10-15(13-16(17)24)21(27)19-20(14-7-3-2-4-8-14)26(23(29)22(19)28)18-9-5-6-12-25-18/h2-13,20,27H,1H3. The Balaban J connectivity index is 1.93. The Hall–Kier alpha value is -3.64. The molecule has 1 amide bonds. The van der Waals surface area contributed by atoms with Crippen molar-refractivity contribution in [1.82, 2.24) is 4.98 Å². The average molecular weight is 421 g/mol. The molecule has 2 aromatic carbocycles. The van der Waals surface area contributed by atoms with Gasteiger partial charge in [0.15, 0.2) is 0 Å². The summed E-state index contributed by atoms with van der Waals surface area (Å²) in [4.78, 5) is 31.5. The molecule has 0 spiro atoms. The van der Waals surface area contributed by atoms with Crippen molar-refractivity contribution in [2.24, 2.45) is 0 Å². The molecule has 1 N–H and O–H groups in total. The van der Waals surface area contributed by atoms with Crippen molar-refractivity contribution in [3.63, 3.8) is 0 Å². The highest BCUT2D eigenvalue weighted by Gasteiger charge is 2.47. The summed E-state index contributed by atoms with van der Waals surface area (Å²) in [7, 11) is 1.48. The molecule has 1 aliphatic heterocycles. The normalized spacial score (nSPS) is 17.9. The quantitative estimate of drug-likeness (QED) is 0.385. The first-order valence-electron chi connectivity index (χ1n) is 9.14. The van der Waals surface area contributed by atoms with E-state index in [4.69, 9.17) is 16.3 Å². The first kappa shape index (κ1) is 19.7. The number of carbonyl (C=O) groups is 2. The lowest BCUT2D eigenvalue weighted by Crippen LogP contribution is -2.30. The molecule has 2 heterocycles. The van der Waals surface area contributed by atoms with Crippen LogP contribution in [0, 0.1) is 0 Å². The van der Waals surface area contributed by atoms with Crippen LogP contribution < -0.4 is 9.64 Å². The van der Waals surface area contributed by atoms with E-state index >= 15 is 0 Å². The fourth-order valence-corrected chi connectivity index (χ4v) is 3.74. The maximum Gasteiger partial charge on any atom is 0.301 e. The van der Waals surface area contributed by atoms with Gasteiger partial charge in [-0.25, -0.2) is 4.98 Å². The van der Waals surface area contributed by atoms with Gasteiger partial charge in [-0.3, -0.25) is 14.5 Å². The number of anilines is 1. The maximum atomic E-state index is 13.0. The molecule has 3 aromatic rings. The minimum atomic E-state index is -0.832. The molecule has 6 nitrogen and oxygen atoms in total. The number of ketones is 1. The van der Waals surface area contributed by atoms with Gasteiger partial charge in [0.25, 0.3) is 5.78 Å². The Labute approximate surface area is 178 Å². The SMILES string of the molecule is COc1ccc(C(O)=C2C(=O)C(=O)N(c3ccccn3)C2c2ccccc2)cc1Cl. The molecule has 1 aromatic heterocycles. The zero-order valence-electron chi connectivity index (χ0n) is 15.9. The van der Waals surface area contributed by atoms with Crippen LogP contribution in [0.3, 0.4) is 0 Å². The van der Waals surface area contributed by atoms with Crippen LogP contribution in [0.5, 0.6) is 5.75 Å². The monoisotopic (exact) mass is 420 g/mol. The molecule has 1 atom stereocenters. The second kappa shape index (κ2) is 8.00. The number of ether oxygens (including phenoxy) is 1. The second-order valence-electron chi connectivity index (χ2n) is 6.62. The third kappa shape index (κ3) is 3.31. The molecule has 150 valence electrons. The van der Waals surface area contributed by atoms with E-state index in [1.54, 1.807) is 60.8 Å². The number of pyridine rings is 1. The van der Waals surface area contributed by atoms with Gasteiger partial charge in [-0.15, -0.1) is 0 Å². The first-order valence-corrected chi connectivity index (χ1v) is 9.51. The van der Waals surface area contributed by atoms with Crippen LogP contribution in [-0.2, 0) is 9.59 Å². The van der Waals surface area contributed by atoms with Crippen molar-refractivity contribution >= 4 is 34.9 Å². The topological polar surface area (TPSA) is 79.7 Å². The Morgan fingerprint density at radius 3 is 2.43 bits per heavy atom. The highest BCUT2D eigenvalue weighted by molar-refractivity contribution is 6.51. The molecule has 1 fully saturated rings. The summed E-state index contributed by atoms with van der Waals surface area (Å²) in [6.45, 7) is 0. The number of Topliss-reactive ketones (excluding diaryl/α,β-unsaturated/α-hetero) is 1. The van der Waals surface area contributed by atoms with Crippen LogP contribution in [-0.4, -0.2) is 28.9 Å². The van der Waals surface area contributed by atoms with Gasteiger partial charge < -0.3 is 9.84 Å². The highest BCUT2D eigenvalue weighted by atomic mass is 35.5. The van der Waals surface area contributed by atoms with Gasteiger partial charge in [-0.05, 0) is 35.9 Å². The molecule has 0 radical (unpaired) electrons. The molecule has 1 aliphatic rings. The molecule has 30 heavy (non-hydrogen) atoms. The number of nitrogens with zero attached hydrogens (tertiary/aromatic N) is 2. The third-order valence-electron chi connectivity index (χ3n) is 4.88. The number of carbonyl (C=O) groups excluding carboxylic acids is 2. The Bertz CT molecular complexity index is 1150. The number of rotatable bonds is 4. The predicted octanol–water partition coefficient (Wildman–Crippen LogP) is 4.37. The molecular formula is C23H17ClN2O4. The number of hydrogen-bond donors (Lipinski definition) is 1. The van der Waals surface area contributed by atoms with Gasteiger partial charge in [0.05, 0.1) is 23.7 Å². The predicted molar refractivity (Wildman–Crippen MR) is 113 cm³/mol. The molecule has 0 bridgehead atoms. The van der Waals surface area contributed by atoms with Crippen molar-refractivity contribution in [3.05, 3.63) is 94.6 Å². The number of amides is 1. The fraction of sp³-hybridized carbons (Fsp3) is 0.0870. The lowest BCUT2D eigenvalue weighted by molar-refractivity contribution is -0.132. The van der Waals surface area contributed by atoms with Crippen molar-refractivity contribution < 1.29 is 19.4 Å². The van der Waals surface area contributed by atoms with Gasteiger partial charge >= 0.3 is 5.91 Å². The molecule has 1 unspecified atom stereocenters. The Morgan fingerprint density at radius 1 is 1.07 bits per heavy atom. The summed E-state index contributed by atoms with van der Waals surface area (Å²) in [5.41, 5.74) is 0.947. The van der Waals surface area contributed by atoms with E-state index < -0.39 is 17.7 Å². The summed E-state index contributed by atoms with van der Waals surface area (Å²) in [6.07, 6.45) is 1.54. The summed E-state index contributed by atoms with van der Waals surface area (Å²) >= 11 is 6.19. The largest absolute Gasteiger partial charge is 0.507 e. The van der Waals surface area contributed by atoms with Crippen LogP contribution in [0.2, 0.25) is 5.02 Å². The summed E-state index contributed by atoms with van der Waals surface area (Å²) < 4.78 is 5.14. The maximum absolute atomic E-state index is 13.0. The fourth-order valence-electron chi connectivity index (χ4n) is 3.48. The van der Waals surface area contributed by atoms with Gasteiger partial charge in [0.1, 0.15) is 17.3 Å². The van der Waals surface area contributed by atoms with Gasteiger partial charge in [0.2, 0.25) is 0 Å². The minimum Gasteiger partial charge on any atom is -0.507 e. The van der Waals surface area contributed by atoms with E-state index in [9.17, 15) is 14.7 Å². The number of aromatic nitrogens is 1. The Morgan fingerprint density at radius 2 is 1.80 bits per heavy atom. The number of benzene rings is 2. The van der Waals surface area contributed by atoms with Crippen molar-refractivity contribution in [2.45, 2.75) is 6.04 Å². The van der Waals surface area contributed by atoms with Crippen LogP contribution >= 0.6 is 11.6 Å². The zero-order valence-corrected chi connectivity index (χ0v) is 16.7. The number of halogens is 1. The lowest BCUT2D eigenvalue weighted by Gasteiger charge is -2.24. The minimum absolute atomic E-state index is 0.0295. The zero-order chi connectivity index (χ0) is 21.3. The number of aliphatic hydroxyl groups is 1. The third-order valence-corrected chi connectivity index (χ3v) is 5.18. The summed E-state index contributed by atoms with van der Waals surface area (Å²) in [5, 5.41) is 11.3. The van der Waals surface area contributed by atoms with Crippen LogP contribution in [0.1, 0.15) is 17.2 Å². The van der Waals surface area contributed by atoms with E-state index in [2.05, 4.69) is 4.98 Å². The van der Waals surface area contributed by atoms with Crippen molar-refractivity contribution in [3.8, 4) is 5.75 Å². The van der Waals surface area contributed by atoms with Crippen LogP contribution in [0.4, 0.5) is 5.82 Å². The summed E-state index contributed by atoms with van der Waals surface area (Å²) in [6, 6.07) is 17.9. The number of aliphatic hydroxyl groups excluding tert-OH is 1. The molecule has 0 aliphatic carbocycles. The van der Waals surface area contributed by atoms with Crippen LogP contribution in [0.25, 0.3) is 5.76 Å². The van der Waals surface area contributed by atoms with E-state index in [-0.39, 0.29) is 16.4 Å². The molecule has 7 heteroatoms. The van der Waals surface area contributed by atoms with Crippen molar-refractivity contribution in [1.29, 1.82) is 0 Å². The molecule has 1 saturated heterocycles. The number of methoxy groups -OCH3 is 1. The summed E-state index contributed by atoms with van der Waals surface area (Å²) in [5.74, 6) is -1.12. The van der Waals surface area contributed by atoms with Gasteiger partial charge in [-0.1, -0.05) is 48.0 Å². The van der Waals surface area contributed by atoms with Crippen LogP contribution in [0.15, 0.2) is 78.5 Å². The lowest BCUT2D eigenvalue weighted by atomic mass is 9.95. The van der Waals surface area contributed by atoms with Gasteiger partial charge in [0, 0.05) is 11.8 Å². The number of hydrogen-bond acceptors (Lipinski definition) is 5.